The molecule has 2 aromatic rings. The highest BCUT2D eigenvalue weighted by atomic mass is 79.9. The summed E-state index contributed by atoms with van der Waals surface area (Å²) in [4.78, 5) is 13.3. The van der Waals surface area contributed by atoms with E-state index in [9.17, 15) is 4.79 Å². The van der Waals surface area contributed by atoms with E-state index in [1.807, 2.05) is 36.4 Å². The lowest BCUT2D eigenvalue weighted by Gasteiger charge is -2.29. The highest BCUT2D eigenvalue weighted by molar-refractivity contribution is 9.10. The van der Waals surface area contributed by atoms with E-state index < -0.39 is 5.97 Å². The van der Waals surface area contributed by atoms with Gasteiger partial charge in [-0.2, -0.15) is 0 Å². The van der Waals surface area contributed by atoms with Crippen LogP contribution in [0.3, 0.4) is 0 Å². The van der Waals surface area contributed by atoms with Crippen molar-refractivity contribution in [1.29, 1.82) is 0 Å². The quantitative estimate of drug-likeness (QED) is 0.891. The van der Waals surface area contributed by atoms with Crippen LogP contribution in [0.25, 0.3) is 11.3 Å². The molecule has 1 N–H and O–H groups in total. The number of benzene rings is 1. The number of likely N-dealkylation sites (tertiary alicyclic amines) is 1. The van der Waals surface area contributed by atoms with Gasteiger partial charge in [0.05, 0.1) is 12.5 Å². The minimum absolute atomic E-state index is 0.255. The molecule has 116 valence electrons. The number of hydrogen-bond acceptors (Lipinski definition) is 3. The first-order valence-electron chi connectivity index (χ1n) is 7.41. The third-order valence-corrected chi connectivity index (χ3v) is 4.55. The van der Waals surface area contributed by atoms with Crippen molar-refractivity contribution in [2.75, 3.05) is 13.1 Å². The Balaban J connectivity index is 1.66. The number of piperidine rings is 1. The molecule has 1 aliphatic heterocycles. The van der Waals surface area contributed by atoms with Crippen molar-refractivity contribution in [3.8, 4) is 11.3 Å². The molecule has 22 heavy (non-hydrogen) atoms. The summed E-state index contributed by atoms with van der Waals surface area (Å²) < 4.78 is 6.94. The van der Waals surface area contributed by atoms with E-state index in [2.05, 4.69) is 20.8 Å². The van der Waals surface area contributed by atoms with E-state index in [1.165, 1.54) is 0 Å². The van der Waals surface area contributed by atoms with Gasteiger partial charge < -0.3 is 9.52 Å². The molecule has 2 heterocycles. The molecule has 1 fully saturated rings. The zero-order valence-corrected chi connectivity index (χ0v) is 13.8. The molecule has 1 aromatic heterocycles. The number of furan rings is 1. The van der Waals surface area contributed by atoms with Gasteiger partial charge in [-0.25, -0.2) is 0 Å². The number of halogens is 1. The predicted molar refractivity (Wildman–Crippen MR) is 87.5 cm³/mol. The molecule has 5 heteroatoms. The van der Waals surface area contributed by atoms with E-state index >= 15 is 0 Å². The molecule has 3 rings (SSSR count). The second kappa shape index (κ2) is 6.67. The van der Waals surface area contributed by atoms with Gasteiger partial charge in [0.25, 0.3) is 0 Å². The van der Waals surface area contributed by atoms with Crippen LogP contribution in [0.15, 0.2) is 45.3 Å². The minimum Gasteiger partial charge on any atom is -0.481 e. The maximum Gasteiger partial charge on any atom is 0.307 e. The van der Waals surface area contributed by atoms with Crippen LogP contribution < -0.4 is 0 Å². The maximum absolute atomic E-state index is 11.1. The number of carboxylic acids is 1. The molecular formula is C17H18BrNO3. The van der Waals surface area contributed by atoms with Crippen LogP contribution in [-0.2, 0) is 11.3 Å². The first kappa shape index (κ1) is 15.3. The van der Waals surface area contributed by atoms with Gasteiger partial charge in [0.15, 0.2) is 0 Å². The summed E-state index contributed by atoms with van der Waals surface area (Å²) in [5, 5.41) is 9.14. The number of hydrogen-bond donors (Lipinski definition) is 1. The molecule has 0 saturated carbocycles. The largest absolute Gasteiger partial charge is 0.481 e. The van der Waals surface area contributed by atoms with Crippen molar-refractivity contribution in [3.63, 3.8) is 0 Å². The Labute approximate surface area is 137 Å². The molecular weight excluding hydrogens is 346 g/mol. The predicted octanol–water partition coefficient (Wildman–Crippen LogP) is 4.01. The first-order valence-corrected chi connectivity index (χ1v) is 8.21. The number of carboxylic acid groups (broad SMARTS) is 1. The average Bonchev–Trinajstić information content (AvgIpc) is 2.96. The summed E-state index contributed by atoms with van der Waals surface area (Å²) in [5.74, 6) is 0.771. The van der Waals surface area contributed by atoms with E-state index in [0.717, 1.165) is 40.9 Å². The third kappa shape index (κ3) is 3.59. The smallest absolute Gasteiger partial charge is 0.307 e. The fraction of sp³-hybridized carbons (Fsp3) is 0.353. The lowest BCUT2D eigenvalue weighted by molar-refractivity contribution is -0.143. The number of nitrogens with zero attached hydrogens (tertiary/aromatic N) is 1. The third-order valence-electron chi connectivity index (χ3n) is 4.02. The Kier molecular flexibility index (Phi) is 4.64. The van der Waals surface area contributed by atoms with E-state index in [-0.39, 0.29) is 5.92 Å². The van der Waals surface area contributed by atoms with Gasteiger partial charge in [-0.15, -0.1) is 0 Å². The Morgan fingerprint density at radius 1 is 1.27 bits per heavy atom. The Morgan fingerprint density at radius 2 is 2.05 bits per heavy atom. The van der Waals surface area contributed by atoms with Crippen molar-refractivity contribution < 1.29 is 14.3 Å². The zero-order chi connectivity index (χ0) is 15.5. The molecule has 0 bridgehead atoms. The molecule has 4 nitrogen and oxygen atoms in total. The van der Waals surface area contributed by atoms with Crippen molar-refractivity contribution >= 4 is 21.9 Å². The topological polar surface area (TPSA) is 53.7 Å². The second-order valence-corrected chi connectivity index (χ2v) is 6.60. The molecule has 0 radical (unpaired) electrons. The molecule has 1 saturated heterocycles. The summed E-state index contributed by atoms with van der Waals surface area (Å²) in [6.07, 6.45) is 1.70. The lowest BCUT2D eigenvalue weighted by Crippen LogP contribution is -2.38. The molecule has 1 aromatic carbocycles. The van der Waals surface area contributed by atoms with Crippen molar-refractivity contribution in [3.05, 3.63) is 46.6 Å². The van der Waals surface area contributed by atoms with E-state index in [1.54, 1.807) is 0 Å². The van der Waals surface area contributed by atoms with Crippen molar-refractivity contribution in [1.82, 2.24) is 4.90 Å². The van der Waals surface area contributed by atoms with Crippen LogP contribution >= 0.6 is 15.9 Å². The van der Waals surface area contributed by atoms with Gasteiger partial charge in [-0.1, -0.05) is 28.1 Å². The lowest BCUT2D eigenvalue weighted by atomic mass is 9.98. The van der Waals surface area contributed by atoms with Crippen LogP contribution in [0.2, 0.25) is 0 Å². The van der Waals surface area contributed by atoms with Crippen molar-refractivity contribution in [2.45, 2.75) is 19.4 Å². The number of aliphatic carboxylic acids is 1. The Bertz CT molecular complexity index is 650. The minimum atomic E-state index is -0.695. The summed E-state index contributed by atoms with van der Waals surface area (Å²) >= 11 is 3.42. The second-order valence-electron chi connectivity index (χ2n) is 5.69. The summed E-state index contributed by atoms with van der Waals surface area (Å²) in [7, 11) is 0. The fourth-order valence-electron chi connectivity index (χ4n) is 2.85. The SMILES string of the molecule is O=C(O)C1CCCN(Cc2ccc(-c3ccc(Br)cc3)o2)C1. The number of rotatable bonds is 4. The fourth-order valence-corrected chi connectivity index (χ4v) is 3.12. The highest BCUT2D eigenvalue weighted by Crippen LogP contribution is 2.25. The molecule has 1 unspecified atom stereocenters. The van der Waals surface area contributed by atoms with Gasteiger partial charge in [0, 0.05) is 16.6 Å². The van der Waals surface area contributed by atoms with Gasteiger partial charge >= 0.3 is 5.97 Å². The van der Waals surface area contributed by atoms with Crippen LogP contribution in [0.5, 0.6) is 0 Å². The van der Waals surface area contributed by atoms with Gasteiger partial charge in [0.1, 0.15) is 11.5 Å². The van der Waals surface area contributed by atoms with E-state index in [0.29, 0.717) is 13.1 Å². The van der Waals surface area contributed by atoms with Gasteiger partial charge in [-0.05, 0) is 43.7 Å². The first-order chi connectivity index (χ1) is 10.6. The van der Waals surface area contributed by atoms with Crippen LogP contribution in [0.4, 0.5) is 0 Å². The molecule has 1 atom stereocenters. The van der Waals surface area contributed by atoms with E-state index in [4.69, 9.17) is 9.52 Å². The Morgan fingerprint density at radius 3 is 2.77 bits per heavy atom. The van der Waals surface area contributed by atoms with Gasteiger partial charge in [0.2, 0.25) is 0 Å². The average molecular weight is 364 g/mol. The Hall–Kier alpha value is -1.59. The van der Waals surface area contributed by atoms with Gasteiger partial charge in [-0.3, -0.25) is 9.69 Å². The normalized spacial score (nSPS) is 19.2. The highest BCUT2D eigenvalue weighted by Gasteiger charge is 2.25. The number of carbonyl (C=O) groups is 1. The maximum atomic E-state index is 11.1. The summed E-state index contributed by atoms with van der Waals surface area (Å²) in [5.41, 5.74) is 1.04. The van der Waals surface area contributed by atoms with Crippen LogP contribution in [-0.4, -0.2) is 29.1 Å². The summed E-state index contributed by atoms with van der Waals surface area (Å²) in [6, 6.07) is 11.9. The van der Waals surface area contributed by atoms with Crippen LogP contribution in [0.1, 0.15) is 18.6 Å². The summed E-state index contributed by atoms with van der Waals surface area (Å²) in [6.45, 7) is 2.20. The standard InChI is InChI=1S/C17H18BrNO3/c18-14-5-3-12(4-6-14)16-8-7-15(22-16)11-19-9-1-2-13(10-19)17(20)21/h3-8,13H,1-2,9-11H2,(H,20,21). The molecule has 0 aliphatic carbocycles. The van der Waals surface area contributed by atoms with Crippen molar-refractivity contribution in [2.24, 2.45) is 5.92 Å². The molecule has 1 aliphatic rings. The molecule has 0 amide bonds. The monoisotopic (exact) mass is 363 g/mol. The van der Waals surface area contributed by atoms with Crippen LogP contribution in [0, 0.1) is 5.92 Å². The molecule has 0 spiro atoms. The zero-order valence-electron chi connectivity index (χ0n) is 12.2.